The van der Waals surface area contributed by atoms with E-state index in [1.54, 1.807) is 10.8 Å². The van der Waals surface area contributed by atoms with Crippen LogP contribution in [0.25, 0.3) is 0 Å². The van der Waals surface area contributed by atoms with E-state index in [-0.39, 0.29) is 0 Å². The molecule has 0 spiro atoms. The molecule has 0 unspecified atom stereocenters. The minimum Gasteiger partial charge on any atom is -0.354 e. The van der Waals surface area contributed by atoms with E-state index in [0.717, 1.165) is 36.5 Å². The Morgan fingerprint density at radius 1 is 1.05 bits per heavy atom. The number of rotatable bonds is 10. The van der Waals surface area contributed by atoms with Gasteiger partial charge in [-0.15, -0.1) is 0 Å². The van der Waals surface area contributed by atoms with Gasteiger partial charge in [0, 0.05) is 25.4 Å². The molecule has 1 aromatic rings. The van der Waals surface area contributed by atoms with Crippen molar-refractivity contribution >= 4 is 33.5 Å². The molecule has 0 aliphatic rings. The molecule has 1 N–H and O–H groups in total. The zero-order valence-corrected chi connectivity index (χ0v) is 14.5. The van der Waals surface area contributed by atoms with Crippen LogP contribution in [0, 0.1) is 0 Å². The van der Waals surface area contributed by atoms with Crippen LogP contribution in [0.4, 0.5) is 11.9 Å². The van der Waals surface area contributed by atoms with Gasteiger partial charge in [-0.1, -0.05) is 24.1 Å². The van der Waals surface area contributed by atoms with E-state index in [4.69, 9.17) is 0 Å². The van der Waals surface area contributed by atoms with Crippen molar-refractivity contribution in [1.82, 2.24) is 15.0 Å². The molecule has 7 heteroatoms. The molecular formula is C13H25N5S2. The van der Waals surface area contributed by atoms with E-state index >= 15 is 0 Å². The second kappa shape index (κ2) is 10.1. The van der Waals surface area contributed by atoms with Gasteiger partial charge in [0.15, 0.2) is 0 Å². The highest BCUT2D eigenvalue weighted by Crippen LogP contribution is 2.30. The summed E-state index contributed by atoms with van der Waals surface area (Å²) in [5, 5.41) is 3.97. The molecule has 0 fully saturated rings. The Morgan fingerprint density at radius 3 is 2.40 bits per heavy atom. The van der Waals surface area contributed by atoms with Gasteiger partial charge in [0.2, 0.25) is 17.1 Å². The Balaban J connectivity index is 2.80. The minimum absolute atomic E-state index is 0.669. The zero-order chi connectivity index (χ0) is 14.8. The first kappa shape index (κ1) is 17.4. The second-order valence-electron chi connectivity index (χ2n) is 4.20. The molecule has 114 valence electrons. The summed E-state index contributed by atoms with van der Waals surface area (Å²) in [5.74, 6) is 2.56. The minimum atomic E-state index is 0.669. The number of hydrogen-bond donors (Lipinski definition) is 1. The van der Waals surface area contributed by atoms with Crippen molar-refractivity contribution in [2.24, 2.45) is 0 Å². The lowest BCUT2D eigenvalue weighted by Crippen LogP contribution is -2.25. The van der Waals surface area contributed by atoms with Gasteiger partial charge < -0.3 is 10.2 Å². The van der Waals surface area contributed by atoms with Crippen molar-refractivity contribution in [3.8, 4) is 0 Å². The summed E-state index contributed by atoms with van der Waals surface area (Å²) in [6.45, 7) is 11.1. The third-order valence-electron chi connectivity index (χ3n) is 2.70. The third-order valence-corrected chi connectivity index (χ3v) is 4.90. The molecule has 1 aromatic heterocycles. The van der Waals surface area contributed by atoms with E-state index < -0.39 is 0 Å². The Kier molecular flexibility index (Phi) is 8.77. The molecule has 0 atom stereocenters. The summed E-state index contributed by atoms with van der Waals surface area (Å²) in [7, 11) is 3.45. The summed E-state index contributed by atoms with van der Waals surface area (Å²) in [6, 6.07) is 0. The van der Waals surface area contributed by atoms with Gasteiger partial charge in [0.25, 0.3) is 0 Å². The standard InChI is InChI=1S/C13H25N5S2/c1-5-9-10-19-20-13-16-11(14-6-2)15-12(17-13)18(7-3)8-4/h5-10H2,1-4H3,(H,14,15,16,17). The lowest BCUT2D eigenvalue weighted by atomic mass is 10.4. The molecule has 0 saturated heterocycles. The van der Waals surface area contributed by atoms with Gasteiger partial charge in [-0.2, -0.15) is 15.0 Å². The second-order valence-corrected chi connectivity index (χ2v) is 6.59. The summed E-state index contributed by atoms with van der Waals surface area (Å²) in [6.07, 6.45) is 2.45. The van der Waals surface area contributed by atoms with Gasteiger partial charge in [-0.05, 0) is 38.0 Å². The van der Waals surface area contributed by atoms with Crippen molar-refractivity contribution in [2.75, 3.05) is 35.6 Å². The third kappa shape index (κ3) is 5.75. The van der Waals surface area contributed by atoms with Gasteiger partial charge in [-0.25, -0.2) is 0 Å². The average molecular weight is 316 g/mol. The van der Waals surface area contributed by atoms with Crippen molar-refractivity contribution in [3.05, 3.63) is 0 Å². The fourth-order valence-electron chi connectivity index (χ4n) is 1.57. The van der Waals surface area contributed by atoms with Crippen LogP contribution in [0.1, 0.15) is 40.5 Å². The molecule has 0 amide bonds. The van der Waals surface area contributed by atoms with Crippen molar-refractivity contribution in [3.63, 3.8) is 0 Å². The van der Waals surface area contributed by atoms with E-state index in [1.165, 1.54) is 12.8 Å². The number of nitrogens with zero attached hydrogens (tertiary/aromatic N) is 4. The van der Waals surface area contributed by atoms with E-state index in [2.05, 4.69) is 45.9 Å². The molecule has 0 saturated carbocycles. The molecule has 20 heavy (non-hydrogen) atoms. The van der Waals surface area contributed by atoms with Crippen LogP contribution in [0.3, 0.4) is 0 Å². The van der Waals surface area contributed by atoms with Crippen molar-refractivity contribution in [2.45, 2.75) is 45.7 Å². The summed E-state index contributed by atoms with van der Waals surface area (Å²) in [4.78, 5) is 15.6. The molecule has 0 radical (unpaired) electrons. The Morgan fingerprint density at radius 2 is 1.80 bits per heavy atom. The van der Waals surface area contributed by atoms with Gasteiger partial charge >= 0.3 is 0 Å². The Hall–Kier alpha value is -0.690. The van der Waals surface area contributed by atoms with Crippen molar-refractivity contribution < 1.29 is 0 Å². The summed E-state index contributed by atoms with van der Waals surface area (Å²) < 4.78 is 0. The lowest BCUT2D eigenvalue weighted by molar-refractivity contribution is 0.784. The maximum atomic E-state index is 4.56. The molecule has 1 rings (SSSR count). The van der Waals surface area contributed by atoms with Crippen molar-refractivity contribution in [1.29, 1.82) is 0 Å². The van der Waals surface area contributed by atoms with E-state index in [9.17, 15) is 0 Å². The first-order valence-corrected chi connectivity index (χ1v) is 9.61. The predicted octanol–water partition coefficient (Wildman–Crippen LogP) is 3.69. The lowest BCUT2D eigenvalue weighted by Gasteiger charge is -2.19. The quantitative estimate of drug-likeness (QED) is 0.522. The van der Waals surface area contributed by atoms with E-state index in [1.807, 2.05) is 17.7 Å². The normalized spacial score (nSPS) is 10.6. The van der Waals surface area contributed by atoms with Crippen LogP contribution < -0.4 is 10.2 Å². The maximum absolute atomic E-state index is 4.56. The Bertz CT molecular complexity index is 385. The van der Waals surface area contributed by atoms with Crippen LogP contribution in [0.5, 0.6) is 0 Å². The van der Waals surface area contributed by atoms with Crippen LogP contribution in [-0.2, 0) is 0 Å². The number of hydrogen-bond acceptors (Lipinski definition) is 7. The van der Waals surface area contributed by atoms with Crippen LogP contribution in [-0.4, -0.2) is 40.3 Å². The Labute approximate surface area is 130 Å². The predicted molar refractivity (Wildman–Crippen MR) is 90.8 cm³/mol. The number of unbranched alkanes of at least 4 members (excludes halogenated alkanes) is 1. The smallest absolute Gasteiger partial charge is 0.231 e. The molecular weight excluding hydrogens is 290 g/mol. The largest absolute Gasteiger partial charge is 0.354 e. The molecule has 0 aliphatic carbocycles. The fourth-order valence-corrected chi connectivity index (χ4v) is 3.55. The first-order chi connectivity index (χ1) is 9.74. The summed E-state index contributed by atoms with van der Waals surface area (Å²) >= 11 is 0. The molecule has 0 aromatic carbocycles. The fraction of sp³-hybridized carbons (Fsp3) is 0.769. The van der Waals surface area contributed by atoms with Crippen LogP contribution in [0.2, 0.25) is 0 Å². The first-order valence-electron chi connectivity index (χ1n) is 7.29. The van der Waals surface area contributed by atoms with Crippen LogP contribution >= 0.6 is 21.6 Å². The number of aromatic nitrogens is 3. The number of anilines is 2. The molecule has 5 nitrogen and oxygen atoms in total. The van der Waals surface area contributed by atoms with Gasteiger partial charge in [0.05, 0.1) is 0 Å². The van der Waals surface area contributed by atoms with Crippen LogP contribution in [0.15, 0.2) is 5.16 Å². The maximum Gasteiger partial charge on any atom is 0.231 e. The summed E-state index contributed by atoms with van der Waals surface area (Å²) in [5.41, 5.74) is 0. The van der Waals surface area contributed by atoms with Gasteiger partial charge in [0.1, 0.15) is 0 Å². The molecule has 1 heterocycles. The number of nitrogens with one attached hydrogen (secondary N) is 1. The monoisotopic (exact) mass is 315 g/mol. The highest BCUT2D eigenvalue weighted by molar-refractivity contribution is 8.76. The average Bonchev–Trinajstić information content (AvgIpc) is 2.45. The highest BCUT2D eigenvalue weighted by atomic mass is 33.1. The molecule has 0 bridgehead atoms. The van der Waals surface area contributed by atoms with E-state index in [0.29, 0.717) is 5.95 Å². The SMILES string of the molecule is CCCCSSc1nc(NCC)nc(N(CC)CC)n1. The van der Waals surface area contributed by atoms with Gasteiger partial charge in [-0.3, -0.25) is 0 Å². The topological polar surface area (TPSA) is 53.9 Å². The highest BCUT2D eigenvalue weighted by Gasteiger charge is 2.11. The zero-order valence-electron chi connectivity index (χ0n) is 12.8. The molecule has 0 aliphatic heterocycles.